The van der Waals surface area contributed by atoms with Crippen LogP contribution in [0.15, 0.2) is 12.1 Å². The SMILES string of the molecule is COc1ccc(F)c(F)c1B1OC(C)(C)C(C)(C)O1. The fourth-order valence-electron chi connectivity index (χ4n) is 1.91. The molecule has 19 heavy (non-hydrogen) atoms. The molecule has 104 valence electrons. The molecule has 1 saturated heterocycles. The highest BCUT2D eigenvalue weighted by molar-refractivity contribution is 6.63. The van der Waals surface area contributed by atoms with Crippen LogP contribution in [-0.4, -0.2) is 25.4 Å². The van der Waals surface area contributed by atoms with Gasteiger partial charge in [-0.25, -0.2) is 8.78 Å². The van der Waals surface area contributed by atoms with Crippen LogP contribution in [-0.2, 0) is 9.31 Å². The summed E-state index contributed by atoms with van der Waals surface area (Å²) in [4.78, 5) is 0. The molecule has 0 aromatic heterocycles. The van der Waals surface area contributed by atoms with Gasteiger partial charge in [0, 0.05) is 0 Å². The highest BCUT2D eigenvalue weighted by Gasteiger charge is 2.53. The van der Waals surface area contributed by atoms with E-state index in [2.05, 4.69) is 0 Å². The zero-order valence-corrected chi connectivity index (χ0v) is 11.7. The normalized spacial score (nSPS) is 20.7. The summed E-state index contributed by atoms with van der Waals surface area (Å²) in [6.07, 6.45) is 0. The molecule has 1 heterocycles. The van der Waals surface area contributed by atoms with Gasteiger partial charge in [-0.05, 0) is 39.8 Å². The smallest absolute Gasteiger partial charge is 0.497 e. The van der Waals surface area contributed by atoms with Crippen LogP contribution in [0.1, 0.15) is 27.7 Å². The maximum absolute atomic E-state index is 14.0. The maximum atomic E-state index is 14.0. The highest BCUT2D eigenvalue weighted by Crippen LogP contribution is 2.37. The molecule has 0 unspecified atom stereocenters. The van der Waals surface area contributed by atoms with Crippen LogP contribution < -0.4 is 10.2 Å². The molecule has 0 saturated carbocycles. The minimum atomic E-state index is -1.00. The monoisotopic (exact) mass is 270 g/mol. The summed E-state index contributed by atoms with van der Waals surface area (Å²) in [6.45, 7) is 7.38. The van der Waals surface area contributed by atoms with Gasteiger partial charge in [-0.2, -0.15) is 0 Å². The van der Waals surface area contributed by atoms with Crippen LogP contribution in [0.25, 0.3) is 0 Å². The molecule has 0 spiro atoms. The molecule has 0 aliphatic carbocycles. The summed E-state index contributed by atoms with van der Waals surface area (Å²) in [5, 5.41) is 0. The van der Waals surface area contributed by atoms with Crippen molar-refractivity contribution in [3.05, 3.63) is 23.8 Å². The minimum Gasteiger partial charge on any atom is -0.497 e. The van der Waals surface area contributed by atoms with E-state index in [0.29, 0.717) is 0 Å². The third-order valence-corrected chi connectivity index (χ3v) is 3.80. The topological polar surface area (TPSA) is 27.7 Å². The molecule has 0 atom stereocenters. The van der Waals surface area contributed by atoms with Crippen molar-refractivity contribution < 1.29 is 22.8 Å². The number of methoxy groups -OCH3 is 1. The van der Waals surface area contributed by atoms with Crippen molar-refractivity contribution in [2.45, 2.75) is 38.9 Å². The van der Waals surface area contributed by atoms with Crippen LogP contribution in [0.4, 0.5) is 8.78 Å². The van der Waals surface area contributed by atoms with E-state index < -0.39 is 30.0 Å². The molecule has 1 aromatic rings. The quantitative estimate of drug-likeness (QED) is 0.771. The van der Waals surface area contributed by atoms with Crippen molar-refractivity contribution in [3.63, 3.8) is 0 Å². The van der Waals surface area contributed by atoms with Gasteiger partial charge in [-0.1, -0.05) is 0 Å². The number of halogens is 2. The van der Waals surface area contributed by atoms with Gasteiger partial charge in [0.05, 0.1) is 23.8 Å². The average Bonchev–Trinajstić information content (AvgIpc) is 2.51. The first-order chi connectivity index (χ1) is 8.69. The van der Waals surface area contributed by atoms with E-state index in [1.807, 2.05) is 27.7 Å². The molecule has 1 fully saturated rings. The van der Waals surface area contributed by atoms with Crippen LogP contribution in [0.2, 0.25) is 0 Å². The standard InChI is InChI=1S/C13H17BF2O3/c1-12(2)13(3,4)19-14(18-12)10-9(17-5)7-6-8(15)11(10)16/h6-7H,1-5H3. The number of rotatable bonds is 2. The second-order valence-electron chi connectivity index (χ2n) is 5.57. The summed E-state index contributed by atoms with van der Waals surface area (Å²) in [5.41, 5.74) is -1.29. The van der Waals surface area contributed by atoms with Gasteiger partial charge in [0.1, 0.15) is 5.75 Å². The predicted molar refractivity (Wildman–Crippen MR) is 68.6 cm³/mol. The molecule has 0 amide bonds. The van der Waals surface area contributed by atoms with Crippen molar-refractivity contribution in [2.75, 3.05) is 7.11 Å². The Balaban J connectivity index is 2.47. The van der Waals surface area contributed by atoms with Crippen molar-refractivity contribution in [1.29, 1.82) is 0 Å². The Hall–Kier alpha value is -1.14. The summed E-state index contributed by atoms with van der Waals surface area (Å²) in [6, 6.07) is 2.38. The first kappa shape index (κ1) is 14.3. The van der Waals surface area contributed by atoms with E-state index in [-0.39, 0.29) is 11.2 Å². The molecule has 1 aromatic carbocycles. The Morgan fingerprint density at radius 2 is 1.58 bits per heavy atom. The van der Waals surface area contributed by atoms with Crippen molar-refractivity contribution in [1.82, 2.24) is 0 Å². The lowest BCUT2D eigenvalue weighted by molar-refractivity contribution is 0.00578. The molecule has 0 radical (unpaired) electrons. The largest absolute Gasteiger partial charge is 0.501 e. The Morgan fingerprint density at radius 1 is 1.05 bits per heavy atom. The molecule has 3 nitrogen and oxygen atoms in total. The van der Waals surface area contributed by atoms with E-state index >= 15 is 0 Å². The minimum absolute atomic E-state index is 0.0406. The second kappa shape index (κ2) is 4.46. The molecular weight excluding hydrogens is 253 g/mol. The van der Waals surface area contributed by atoms with Crippen LogP contribution in [0.3, 0.4) is 0 Å². The number of ether oxygens (including phenoxy) is 1. The fraction of sp³-hybridized carbons (Fsp3) is 0.538. The van der Waals surface area contributed by atoms with Crippen LogP contribution >= 0.6 is 0 Å². The molecule has 2 rings (SSSR count). The van der Waals surface area contributed by atoms with Gasteiger partial charge in [0.25, 0.3) is 0 Å². The van der Waals surface area contributed by atoms with Gasteiger partial charge < -0.3 is 14.0 Å². The van der Waals surface area contributed by atoms with Gasteiger partial charge in [0.15, 0.2) is 11.6 Å². The van der Waals surface area contributed by atoms with E-state index in [1.54, 1.807) is 0 Å². The first-order valence-corrected chi connectivity index (χ1v) is 6.07. The predicted octanol–water partition coefficient (Wildman–Crippen LogP) is 2.27. The zero-order valence-electron chi connectivity index (χ0n) is 11.7. The summed E-state index contributed by atoms with van der Waals surface area (Å²) in [5.74, 6) is -1.75. The Kier molecular flexibility index (Phi) is 3.35. The van der Waals surface area contributed by atoms with E-state index in [9.17, 15) is 8.78 Å². The van der Waals surface area contributed by atoms with Crippen molar-refractivity contribution >= 4 is 12.6 Å². The van der Waals surface area contributed by atoms with E-state index in [4.69, 9.17) is 14.0 Å². The molecule has 6 heteroatoms. The lowest BCUT2D eigenvalue weighted by Crippen LogP contribution is -2.41. The van der Waals surface area contributed by atoms with Crippen molar-refractivity contribution in [2.24, 2.45) is 0 Å². The van der Waals surface area contributed by atoms with E-state index in [0.717, 1.165) is 6.07 Å². The summed E-state index contributed by atoms with van der Waals surface area (Å²) >= 11 is 0. The summed E-state index contributed by atoms with van der Waals surface area (Å²) < 4.78 is 43.9. The highest BCUT2D eigenvalue weighted by atomic mass is 19.2. The molecule has 0 bridgehead atoms. The third kappa shape index (κ3) is 2.23. The van der Waals surface area contributed by atoms with Crippen molar-refractivity contribution in [3.8, 4) is 5.75 Å². The lowest BCUT2D eigenvalue weighted by atomic mass is 9.77. The molecule has 0 N–H and O–H groups in total. The molecule has 1 aliphatic rings. The molecular formula is C13H17BF2O3. The Labute approximate surface area is 112 Å². The summed E-state index contributed by atoms with van der Waals surface area (Å²) in [7, 11) is 0.400. The first-order valence-electron chi connectivity index (χ1n) is 6.07. The lowest BCUT2D eigenvalue weighted by Gasteiger charge is -2.32. The van der Waals surface area contributed by atoms with Crippen LogP contribution in [0, 0.1) is 11.6 Å². The van der Waals surface area contributed by atoms with Gasteiger partial charge in [-0.3, -0.25) is 0 Å². The fourth-order valence-corrected chi connectivity index (χ4v) is 1.91. The van der Waals surface area contributed by atoms with Gasteiger partial charge >= 0.3 is 7.12 Å². The number of hydrogen-bond donors (Lipinski definition) is 0. The Bertz CT molecular complexity index is 487. The Morgan fingerprint density at radius 3 is 2.05 bits per heavy atom. The third-order valence-electron chi connectivity index (χ3n) is 3.80. The zero-order chi connectivity index (χ0) is 14.4. The van der Waals surface area contributed by atoms with Crippen LogP contribution in [0.5, 0.6) is 5.75 Å². The average molecular weight is 270 g/mol. The number of benzene rings is 1. The second-order valence-corrected chi connectivity index (χ2v) is 5.57. The molecule has 1 aliphatic heterocycles. The van der Waals surface area contributed by atoms with Gasteiger partial charge in [-0.15, -0.1) is 0 Å². The van der Waals surface area contributed by atoms with Gasteiger partial charge in [0.2, 0.25) is 0 Å². The van der Waals surface area contributed by atoms with E-state index in [1.165, 1.54) is 13.2 Å². The maximum Gasteiger partial charge on any atom is 0.501 e. The number of hydrogen-bond acceptors (Lipinski definition) is 3.